The Hall–Kier alpha value is -1.77. The third-order valence-corrected chi connectivity index (χ3v) is 4.25. The van der Waals surface area contributed by atoms with E-state index in [0.717, 1.165) is 30.7 Å². The van der Waals surface area contributed by atoms with E-state index in [1.54, 1.807) is 0 Å². The molecule has 1 N–H and O–H groups in total. The number of carbonyl (C=O) groups is 1. The SMILES string of the molecule is O=C(N[C@@H]1C[C@@H]2C=CC[C@@H](C2)C1)OCc1ccccc1. The molecular weight excluding hydrogens is 250 g/mol. The summed E-state index contributed by atoms with van der Waals surface area (Å²) in [5, 5.41) is 3.02. The number of carbonyl (C=O) groups excluding carboxylic acids is 1. The predicted molar refractivity (Wildman–Crippen MR) is 78.1 cm³/mol. The number of fused-ring (bicyclic) bond motifs is 2. The lowest BCUT2D eigenvalue weighted by atomic mass is 9.74. The topological polar surface area (TPSA) is 38.3 Å². The molecule has 0 saturated heterocycles. The minimum absolute atomic E-state index is 0.270. The molecule has 1 amide bonds. The molecular formula is C17H21NO2. The van der Waals surface area contributed by atoms with Gasteiger partial charge in [0, 0.05) is 6.04 Å². The van der Waals surface area contributed by atoms with Crippen LogP contribution in [-0.4, -0.2) is 12.1 Å². The van der Waals surface area contributed by atoms with Gasteiger partial charge in [0.05, 0.1) is 0 Å². The van der Waals surface area contributed by atoms with Crippen molar-refractivity contribution in [3.8, 4) is 0 Å². The summed E-state index contributed by atoms with van der Waals surface area (Å²) in [6, 6.07) is 10.0. The lowest BCUT2D eigenvalue weighted by Crippen LogP contribution is -2.41. The van der Waals surface area contributed by atoms with Crippen molar-refractivity contribution >= 4 is 6.09 Å². The molecule has 20 heavy (non-hydrogen) atoms. The van der Waals surface area contributed by atoms with Crippen molar-refractivity contribution in [2.45, 2.75) is 38.3 Å². The molecule has 3 rings (SSSR count). The largest absolute Gasteiger partial charge is 0.445 e. The Morgan fingerprint density at radius 3 is 2.85 bits per heavy atom. The Balaban J connectivity index is 1.46. The molecule has 2 bridgehead atoms. The number of nitrogens with one attached hydrogen (secondary N) is 1. The van der Waals surface area contributed by atoms with Gasteiger partial charge in [-0.2, -0.15) is 0 Å². The number of ether oxygens (including phenoxy) is 1. The monoisotopic (exact) mass is 271 g/mol. The molecule has 106 valence electrons. The van der Waals surface area contributed by atoms with Crippen LogP contribution < -0.4 is 5.32 Å². The van der Waals surface area contributed by atoms with Gasteiger partial charge in [-0.25, -0.2) is 4.79 Å². The van der Waals surface area contributed by atoms with Crippen LogP contribution >= 0.6 is 0 Å². The average Bonchev–Trinajstić information content (AvgIpc) is 2.46. The van der Waals surface area contributed by atoms with Crippen LogP contribution in [0.2, 0.25) is 0 Å². The van der Waals surface area contributed by atoms with E-state index in [1.807, 2.05) is 30.3 Å². The molecule has 0 heterocycles. The van der Waals surface area contributed by atoms with Crippen LogP contribution in [0.15, 0.2) is 42.5 Å². The quantitative estimate of drug-likeness (QED) is 0.852. The summed E-state index contributed by atoms with van der Waals surface area (Å²) in [4.78, 5) is 11.9. The molecule has 2 aliphatic rings. The van der Waals surface area contributed by atoms with Gasteiger partial charge in [-0.15, -0.1) is 0 Å². The fraction of sp³-hybridized carbons (Fsp3) is 0.471. The second-order valence-corrected chi connectivity index (χ2v) is 5.90. The van der Waals surface area contributed by atoms with Crippen LogP contribution in [0.25, 0.3) is 0 Å². The zero-order valence-electron chi connectivity index (χ0n) is 11.6. The molecule has 2 aliphatic carbocycles. The molecule has 0 unspecified atom stereocenters. The summed E-state index contributed by atoms with van der Waals surface area (Å²) in [7, 11) is 0. The Morgan fingerprint density at radius 1 is 1.20 bits per heavy atom. The fourth-order valence-corrected chi connectivity index (χ4v) is 3.35. The van der Waals surface area contributed by atoms with Gasteiger partial charge in [-0.05, 0) is 43.1 Å². The van der Waals surface area contributed by atoms with Gasteiger partial charge in [0.25, 0.3) is 0 Å². The highest BCUT2D eigenvalue weighted by Gasteiger charge is 2.30. The molecule has 0 aromatic heterocycles. The molecule has 3 nitrogen and oxygen atoms in total. The summed E-state index contributed by atoms with van der Waals surface area (Å²) in [6.45, 7) is 0.339. The van der Waals surface area contributed by atoms with Crippen LogP contribution in [0.5, 0.6) is 0 Å². The van der Waals surface area contributed by atoms with E-state index in [4.69, 9.17) is 4.74 Å². The smallest absolute Gasteiger partial charge is 0.407 e. The van der Waals surface area contributed by atoms with Crippen LogP contribution in [0, 0.1) is 11.8 Å². The zero-order chi connectivity index (χ0) is 13.8. The summed E-state index contributed by atoms with van der Waals surface area (Å²) in [6.07, 6.45) is 8.89. The molecule has 1 aromatic rings. The number of amides is 1. The second-order valence-electron chi connectivity index (χ2n) is 5.90. The second kappa shape index (κ2) is 6.12. The van der Waals surface area contributed by atoms with Crippen molar-refractivity contribution < 1.29 is 9.53 Å². The fourth-order valence-electron chi connectivity index (χ4n) is 3.35. The molecule has 0 aliphatic heterocycles. The number of hydrogen-bond donors (Lipinski definition) is 1. The van der Waals surface area contributed by atoms with Crippen LogP contribution in [0.1, 0.15) is 31.2 Å². The highest BCUT2D eigenvalue weighted by Crippen LogP contribution is 2.35. The molecule has 1 aromatic carbocycles. The standard InChI is InChI=1S/C17H21NO2/c19-17(20-12-13-5-2-1-3-6-13)18-16-10-14-7-4-8-15(9-14)11-16/h1-7,14-16H,8-12H2,(H,18,19)/t14-,15+,16-/m1/s1. The Bertz CT molecular complexity index is 483. The Labute approximate surface area is 120 Å². The normalized spacial score (nSPS) is 27.9. The van der Waals surface area contributed by atoms with E-state index in [2.05, 4.69) is 17.5 Å². The molecule has 3 heteroatoms. The van der Waals surface area contributed by atoms with Crippen molar-refractivity contribution in [1.82, 2.24) is 5.32 Å². The molecule has 0 spiro atoms. The van der Waals surface area contributed by atoms with E-state index in [9.17, 15) is 4.79 Å². The Kier molecular flexibility index (Phi) is 4.05. The first-order valence-electron chi connectivity index (χ1n) is 7.43. The lowest BCUT2D eigenvalue weighted by Gasteiger charge is -2.36. The highest BCUT2D eigenvalue weighted by atomic mass is 16.5. The van der Waals surface area contributed by atoms with Gasteiger partial charge >= 0.3 is 6.09 Å². The average molecular weight is 271 g/mol. The van der Waals surface area contributed by atoms with Gasteiger partial charge in [-0.3, -0.25) is 0 Å². The first-order chi connectivity index (χ1) is 9.79. The highest BCUT2D eigenvalue weighted by molar-refractivity contribution is 5.67. The maximum Gasteiger partial charge on any atom is 0.407 e. The summed E-state index contributed by atoms with van der Waals surface area (Å²) in [5.41, 5.74) is 1.02. The third-order valence-electron chi connectivity index (χ3n) is 4.25. The number of hydrogen-bond acceptors (Lipinski definition) is 2. The molecule has 1 fully saturated rings. The first-order valence-corrected chi connectivity index (χ1v) is 7.43. The van der Waals surface area contributed by atoms with Gasteiger partial charge in [0.15, 0.2) is 0 Å². The van der Waals surface area contributed by atoms with Crippen molar-refractivity contribution in [3.05, 3.63) is 48.0 Å². The summed E-state index contributed by atoms with van der Waals surface area (Å²) < 4.78 is 5.28. The zero-order valence-corrected chi connectivity index (χ0v) is 11.6. The molecule has 0 radical (unpaired) electrons. The molecule has 3 atom stereocenters. The van der Waals surface area contributed by atoms with Crippen LogP contribution in [0.4, 0.5) is 4.79 Å². The summed E-state index contributed by atoms with van der Waals surface area (Å²) in [5.74, 6) is 1.38. The maximum absolute atomic E-state index is 11.9. The first kappa shape index (κ1) is 13.2. The lowest BCUT2D eigenvalue weighted by molar-refractivity contribution is 0.127. The van der Waals surface area contributed by atoms with Crippen molar-refractivity contribution in [2.75, 3.05) is 0 Å². The minimum atomic E-state index is -0.289. The van der Waals surface area contributed by atoms with E-state index < -0.39 is 0 Å². The van der Waals surface area contributed by atoms with Gasteiger partial charge in [0.2, 0.25) is 0 Å². The Morgan fingerprint density at radius 2 is 2.05 bits per heavy atom. The third kappa shape index (κ3) is 3.41. The van der Waals surface area contributed by atoms with Gasteiger partial charge in [0.1, 0.15) is 6.61 Å². The minimum Gasteiger partial charge on any atom is -0.445 e. The van der Waals surface area contributed by atoms with Crippen LogP contribution in [0.3, 0.4) is 0 Å². The number of rotatable bonds is 3. The van der Waals surface area contributed by atoms with Gasteiger partial charge in [-0.1, -0.05) is 42.5 Å². The molecule has 1 saturated carbocycles. The van der Waals surface area contributed by atoms with E-state index >= 15 is 0 Å². The number of allylic oxidation sites excluding steroid dienone is 2. The van der Waals surface area contributed by atoms with Crippen molar-refractivity contribution in [1.29, 1.82) is 0 Å². The summed E-state index contributed by atoms with van der Waals surface area (Å²) >= 11 is 0. The van der Waals surface area contributed by atoms with E-state index in [1.165, 1.54) is 6.42 Å². The van der Waals surface area contributed by atoms with Gasteiger partial charge < -0.3 is 10.1 Å². The number of alkyl carbamates (subject to hydrolysis) is 1. The van der Waals surface area contributed by atoms with Crippen molar-refractivity contribution in [2.24, 2.45) is 11.8 Å². The maximum atomic E-state index is 11.9. The van der Waals surface area contributed by atoms with E-state index in [-0.39, 0.29) is 12.1 Å². The van der Waals surface area contributed by atoms with Crippen LogP contribution in [-0.2, 0) is 11.3 Å². The van der Waals surface area contributed by atoms with E-state index in [0.29, 0.717) is 12.5 Å². The number of benzene rings is 1. The van der Waals surface area contributed by atoms with Crippen molar-refractivity contribution in [3.63, 3.8) is 0 Å². The predicted octanol–water partition coefficient (Wildman–Crippen LogP) is 3.66.